The van der Waals surface area contributed by atoms with Crippen LogP contribution in [-0.2, 0) is 0 Å². The van der Waals surface area contributed by atoms with Gasteiger partial charge in [-0.3, -0.25) is 4.79 Å². The fourth-order valence-corrected chi connectivity index (χ4v) is 2.36. The van der Waals surface area contributed by atoms with E-state index in [1.807, 2.05) is 4.90 Å². The molecular formula is C13H16N4O2. The van der Waals surface area contributed by atoms with E-state index in [1.165, 1.54) is 0 Å². The van der Waals surface area contributed by atoms with E-state index in [1.54, 1.807) is 18.2 Å². The maximum Gasteiger partial charge on any atom is 0.323 e. The number of benzene rings is 1. The van der Waals surface area contributed by atoms with Gasteiger partial charge in [0.05, 0.1) is 11.0 Å². The molecule has 0 unspecified atom stereocenters. The molecule has 100 valence electrons. The van der Waals surface area contributed by atoms with Gasteiger partial charge in [-0.1, -0.05) is 0 Å². The van der Waals surface area contributed by atoms with Gasteiger partial charge in [0.25, 0.3) is 5.91 Å². The van der Waals surface area contributed by atoms with Crippen molar-refractivity contribution in [2.75, 3.05) is 33.2 Å². The zero-order chi connectivity index (χ0) is 13.4. The molecule has 1 fully saturated rings. The Kier molecular flexibility index (Phi) is 2.87. The predicted octanol–water partition coefficient (Wildman–Crippen LogP) is 0.244. The molecule has 1 aromatic heterocycles. The number of rotatable bonds is 1. The summed E-state index contributed by atoms with van der Waals surface area (Å²) in [6.07, 6.45) is 0. The SMILES string of the molecule is CN1CCN(C(=O)c2ccc3[nH]c(=O)[nH]c3c2)CC1. The smallest absolute Gasteiger partial charge is 0.323 e. The average Bonchev–Trinajstić information content (AvgIpc) is 2.77. The first-order valence-electron chi connectivity index (χ1n) is 6.33. The number of amides is 1. The second kappa shape index (κ2) is 4.55. The Balaban J connectivity index is 1.86. The summed E-state index contributed by atoms with van der Waals surface area (Å²) >= 11 is 0. The molecule has 1 amide bonds. The number of likely N-dealkylation sites (N-methyl/N-ethyl adjacent to an activating group) is 1. The highest BCUT2D eigenvalue weighted by Gasteiger charge is 2.20. The second-order valence-electron chi connectivity index (χ2n) is 4.93. The van der Waals surface area contributed by atoms with Gasteiger partial charge in [0, 0.05) is 31.7 Å². The van der Waals surface area contributed by atoms with Gasteiger partial charge in [-0.25, -0.2) is 4.79 Å². The molecule has 1 aromatic carbocycles. The Hall–Kier alpha value is -2.08. The molecule has 6 nitrogen and oxygen atoms in total. The van der Waals surface area contributed by atoms with Gasteiger partial charge in [-0.05, 0) is 25.2 Å². The number of fused-ring (bicyclic) bond motifs is 1. The van der Waals surface area contributed by atoms with Crippen LogP contribution in [0.5, 0.6) is 0 Å². The third-order valence-electron chi connectivity index (χ3n) is 3.55. The van der Waals surface area contributed by atoms with E-state index in [2.05, 4.69) is 21.9 Å². The van der Waals surface area contributed by atoms with E-state index in [0.717, 1.165) is 31.7 Å². The lowest BCUT2D eigenvalue weighted by Gasteiger charge is -2.32. The van der Waals surface area contributed by atoms with Crippen molar-refractivity contribution < 1.29 is 4.79 Å². The number of carbonyl (C=O) groups is 1. The van der Waals surface area contributed by atoms with Crippen molar-refractivity contribution in [1.82, 2.24) is 19.8 Å². The summed E-state index contributed by atoms with van der Waals surface area (Å²) < 4.78 is 0. The number of carbonyl (C=O) groups excluding carboxylic acids is 1. The summed E-state index contributed by atoms with van der Waals surface area (Å²) in [6.45, 7) is 3.29. The molecule has 1 saturated heterocycles. The maximum absolute atomic E-state index is 12.4. The first-order valence-corrected chi connectivity index (χ1v) is 6.33. The highest BCUT2D eigenvalue weighted by Crippen LogP contribution is 2.13. The number of imidazole rings is 1. The van der Waals surface area contributed by atoms with Crippen molar-refractivity contribution in [2.24, 2.45) is 0 Å². The van der Waals surface area contributed by atoms with Crippen LogP contribution in [0, 0.1) is 0 Å². The molecule has 2 heterocycles. The Labute approximate surface area is 110 Å². The van der Waals surface area contributed by atoms with Crippen LogP contribution in [0.2, 0.25) is 0 Å². The molecule has 0 bridgehead atoms. The minimum absolute atomic E-state index is 0.0250. The van der Waals surface area contributed by atoms with E-state index in [-0.39, 0.29) is 11.6 Å². The molecule has 0 atom stereocenters. The molecule has 6 heteroatoms. The van der Waals surface area contributed by atoms with Crippen molar-refractivity contribution in [3.8, 4) is 0 Å². The topological polar surface area (TPSA) is 72.2 Å². The number of aromatic amines is 2. The molecule has 3 rings (SSSR count). The Morgan fingerprint density at radius 3 is 2.53 bits per heavy atom. The maximum atomic E-state index is 12.4. The third-order valence-corrected chi connectivity index (χ3v) is 3.55. The van der Waals surface area contributed by atoms with Crippen LogP contribution in [0.3, 0.4) is 0 Å². The normalized spacial score (nSPS) is 17.0. The number of hydrogen-bond acceptors (Lipinski definition) is 3. The highest BCUT2D eigenvalue weighted by molar-refractivity contribution is 5.97. The third kappa shape index (κ3) is 2.26. The average molecular weight is 260 g/mol. The molecule has 19 heavy (non-hydrogen) atoms. The van der Waals surface area contributed by atoms with Crippen molar-refractivity contribution >= 4 is 16.9 Å². The fourth-order valence-electron chi connectivity index (χ4n) is 2.36. The number of nitrogens with zero attached hydrogens (tertiary/aromatic N) is 2. The summed E-state index contributed by atoms with van der Waals surface area (Å²) in [5.41, 5.74) is 1.76. The highest BCUT2D eigenvalue weighted by atomic mass is 16.2. The van der Waals surface area contributed by atoms with Crippen LogP contribution in [0.25, 0.3) is 11.0 Å². The van der Waals surface area contributed by atoms with Crippen molar-refractivity contribution in [1.29, 1.82) is 0 Å². The van der Waals surface area contributed by atoms with Crippen LogP contribution in [0.1, 0.15) is 10.4 Å². The summed E-state index contributed by atoms with van der Waals surface area (Å²) in [7, 11) is 2.05. The van der Waals surface area contributed by atoms with Crippen LogP contribution < -0.4 is 5.69 Å². The minimum atomic E-state index is -0.251. The Morgan fingerprint density at radius 1 is 1.11 bits per heavy atom. The van der Waals surface area contributed by atoms with Gasteiger partial charge in [-0.2, -0.15) is 0 Å². The number of piperazine rings is 1. The summed E-state index contributed by atoms with van der Waals surface area (Å²) in [4.78, 5) is 33.0. The van der Waals surface area contributed by atoms with Crippen molar-refractivity contribution in [3.63, 3.8) is 0 Å². The van der Waals surface area contributed by atoms with Gasteiger partial charge in [0.2, 0.25) is 0 Å². The minimum Gasteiger partial charge on any atom is -0.336 e. The quantitative estimate of drug-likeness (QED) is 0.771. The first kappa shape index (κ1) is 12.0. The Bertz CT molecular complexity index is 665. The number of aromatic nitrogens is 2. The van der Waals surface area contributed by atoms with Crippen LogP contribution in [0.15, 0.2) is 23.0 Å². The van der Waals surface area contributed by atoms with Gasteiger partial charge in [-0.15, -0.1) is 0 Å². The molecule has 0 aliphatic carbocycles. The molecular weight excluding hydrogens is 244 g/mol. The van der Waals surface area contributed by atoms with E-state index in [9.17, 15) is 9.59 Å². The van der Waals surface area contributed by atoms with Gasteiger partial charge < -0.3 is 19.8 Å². The van der Waals surface area contributed by atoms with E-state index in [0.29, 0.717) is 11.1 Å². The molecule has 0 saturated carbocycles. The van der Waals surface area contributed by atoms with Crippen LogP contribution in [0.4, 0.5) is 0 Å². The number of nitrogens with one attached hydrogen (secondary N) is 2. The lowest BCUT2D eigenvalue weighted by atomic mass is 10.1. The fraction of sp³-hybridized carbons (Fsp3) is 0.385. The summed E-state index contributed by atoms with van der Waals surface area (Å²) in [6, 6.07) is 5.25. The molecule has 0 spiro atoms. The Morgan fingerprint density at radius 2 is 1.79 bits per heavy atom. The standard InChI is InChI=1S/C13H16N4O2/c1-16-4-6-17(7-5-16)12(18)9-2-3-10-11(8-9)15-13(19)14-10/h2-3,8H,4-7H2,1H3,(H2,14,15,19). The molecule has 1 aliphatic rings. The lowest BCUT2D eigenvalue weighted by Crippen LogP contribution is -2.47. The van der Waals surface area contributed by atoms with Gasteiger partial charge in [0.1, 0.15) is 0 Å². The first-order chi connectivity index (χ1) is 9.13. The van der Waals surface area contributed by atoms with E-state index >= 15 is 0 Å². The van der Waals surface area contributed by atoms with Gasteiger partial charge >= 0.3 is 5.69 Å². The zero-order valence-electron chi connectivity index (χ0n) is 10.8. The predicted molar refractivity (Wildman–Crippen MR) is 72.3 cm³/mol. The second-order valence-corrected chi connectivity index (χ2v) is 4.93. The lowest BCUT2D eigenvalue weighted by molar-refractivity contribution is 0.0664. The monoisotopic (exact) mass is 260 g/mol. The number of hydrogen-bond donors (Lipinski definition) is 2. The number of H-pyrrole nitrogens is 2. The van der Waals surface area contributed by atoms with Gasteiger partial charge in [0.15, 0.2) is 0 Å². The van der Waals surface area contributed by atoms with Crippen LogP contribution >= 0.6 is 0 Å². The largest absolute Gasteiger partial charge is 0.336 e. The molecule has 2 aromatic rings. The van der Waals surface area contributed by atoms with Crippen LogP contribution in [-0.4, -0.2) is 58.9 Å². The van der Waals surface area contributed by atoms with E-state index in [4.69, 9.17) is 0 Å². The molecule has 2 N–H and O–H groups in total. The zero-order valence-corrected chi connectivity index (χ0v) is 10.8. The molecule has 0 radical (unpaired) electrons. The summed E-state index contributed by atoms with van der Waals surface area (Å²) in [5.74, 6) is 0.0250. The van der Waals surface area contributed by atoms with E-state index < -0.39 is 0 Å². The van der Waals surface area contributed by atoms with Crippen molar-refractivity contribution in [2.45, 2.75) is 0 Å². The molecule has 1 aliphatic heterocycles. The summed E-state index contributed by atoms with van der Waals surface area (Å²) in [5, 5.41) is 0. The van der Waals surface area contributed by atoms with Crippen molar-refractivity contribution in [3.05, 3.63) is 34.2 Å².